The van der Waals surface area contributed by atoms with Crippen molar-refractivity contribution < 1.29 is 45.8 Å². The highest BCUT2D eigenvalue weighted by Crippen LogP contribution is 2.33. The molecule has 0 aliphatic carbocycles. The standard InChI is InChI=1S/C33H32F3N7O7S/c1-19(2)29(40(5)43(47)39-50-21(4)41-31(45)25-8-6-7-9-26(25)32(41)46)30(44)38-51(48,49)24-16-14-23(15-17-24)42-27(18-28(37-42)33(34,35)36)22-12-10-20(3)11-13-22/h6-19,21,29H,1-5H3,(H,38,44)/b43-39+/t21?,29-/m0/s1. The van der Waals surface area contributed by atoms with E-state index in [-0.39, 0.29) is 27.5 Å². The van der Waals surface area contributed by atoms with E-state index in [1.807, 2.05) is 11.6 Å². The van der Waals surface area contributed by atoms with Gasteiger partial charge in [-0.15, -0.1) is 5.01 Å². The number of nitrogens with one attached hydrogen (secondary N) is 1. The third-order valence-electron chi connectivity index (χ3n) is 8.00. The molecule has 51 heavy (non-hydrogen) atoms. The van der Waals surface area contributed by atoms with Gasteiger partial charge in [-0.3, -0.25) is 14.4 Å². The number of aryl methyl sites for hydroxylation is 1. The number of alkyl halides is 3. The highest BCUT2D eigenvalue weighted by Gasteiger charge is 2.40. The minimum Gasteiger partial charge on any atom is -0.569 e. The van der Waals surface area contributed by atoms with Gasteiger partial charge in [0.2, 0.25) is 11.5 Å². The summed E-state index contributed by atoms with van der Waals surface area (Å²) in [5.74, 6) is -3.06. The van der Waals surface area contributed by atoms with Gasteiger partial charge in [0.25, 0.3) is 27.7 Å². The zero-order valence-electron chi connectivity index (χ0n) is 27.8. The van der Waals surface area contributed by atoms with Crippen molar-refractivity contribution in [2.75, 3.05) is 7.05 Å². The number of benzene rings is 3. The van der Waals surface area contributed by atoms with E-state index in [4.69, 9.17) is 4.84 Å². The minimum absolute atomic E-state index is 0.115. The monoisotopic (exact) mass is 727 g/mol. The van der Waals surface area contributed by atoms with E-state index in [0.717, 1.165) is 45.4 Å². The zero-order valence-corrected chi connectivity index (χ0v) is 28.6. The Balaban J connectivity index is 1.31. The molecule has 0 saturated carbocycles. The van der Waals surface area contributed by atoms with Crippen LogP contribution in [0.15, 0.2) is 89.0 Å². The van der Waals surface area contributed by atoms with Gasteiger partial charge in [-0.1, -0.05) is 55.8 Å². The molecule has 268 valence electrons. The van der Waals surface area contributed by atoms with Crippen molar-refractivity contribution in [3.63, 3.8) is 0 Å². The lowest BCUT2D eigenvalue weighted by Crippen LogP contribution is -2.52. The Kier molecular flexibility index (Phi) is 9.91. The van der Waals surface area contributed by atoms with Gasteiger partial charge in [-0.2, -0.15) is 18.3 Å². The van der Waals surface area contributed by atoms with Crippen molar-refractivity contribution in [3.8, 4) is 16.9 Å². The maximum absolute atomic E-state index is 13.6. The van der Waals surface area contributed by atoms with Crippen LogP contribution in [0.3, 0.4) is 0 Å². The van der Waals surface area contributed by atoms with Gasteiger partial charge >= 0.3 is 6.18 Å². The molecule has 1 aliphatic heterocycles. The SMILES string of the molecule is Cc1ccc(-c2cc(C(F)(F)F)nn2-c2ccc(S(=O)(=O)NC(=O)[C@H](C(C)C)N(C)/[N+]([O-])=N\OC(C)N3C(=O)c4ccccc4C3=O)cc2)cc1. The molecular formula is C33H32F3N7O7S. The predicted molar refractivity (Wildman–Crippen MR) is 174 cm³/mol. The summed E-state index contributed by atoms with van der Waals surface area (Å²) in [6.45, 7) is 6.23. The molecule has 4 aromatic rings. The normalized spacial score (nSPS) is 14.8. The van der Waals surface area contributed by atoms with E-state index in [1.54, 1.807) is 50.2 Å². The fourth-order valence-electron chi connectivity index (χ4n) is 5.43. The average molecular weight is 728 g/mol. The Morgan fingerprint density at radius 2 is 1.55 bits per heavy atom. The lowest BCUT2D eigenvalue weighted by Gasteiger charge is -2.26. The number of nitrogens with zero attached hydrogens (tertiary/aromatic N) is 6. The zero-order chi connectivity index (χ0) is 37.4. The van der Waals surface area contributed by atoms with E-state index >= 15 is 0 Å². The highest BCUT2D eigenvalue weighted by molar-refractivity contribution is 7.90. The first kappa shape index (κ1) is 36.5. The van der Waals surface area contributed by atoms with Crippen LogP contribution in [0.1, 0.15) is 52.7 Å². The summed E-state index contributed by atoms with van der Waals surface area (Å²) >= 11 is 0. The molecule has 0 saturated heterocycles. The number of hydrogen-bond donors (Lipinski definition) is 1. The summed E-state index contributed by atoms with van der Waals surface area (Å²) in [7, 11) is -3.40. The molecule has 3 amide bonds. The quantitative estimate of drug-likeness (QED) is 0.0959. The van der Waals surface area contributed by atoms with Crippen molar-refractivity contribution in [1.29, 1.82) is 0 Å². The molecule has 2 heterocycles. The van der Waals surface area contributed by atoms with E-state index in [2.05, 4.69) is 10.4 Å². The van der Waals surface area contributed by atoms with E-state index < -0.39 is 62.7 Å². The number of sulfonamides is 1. The third-order valence-corrected chi connectivity index (χ3v) is 9.37. The summed E-state index contributed by atoms with van der Waals surface area (Å²) in [4.78, 5) is 44.1. The van der Waals surface area contributed by atoms with Crippen LogP contribution >= 0.6 is 0 Å². The molecule has 0 fully saturated rings. The number of halogens is 3. The molecule has 1 aromatic heterocycles. The van der Waals surface area contributed by atoms with Crippen molar-refractivity contribution in [2.45, 2.75) is 51.0 Å². The molecule has 0 radical (unpaired) electrons. The fourth-order valence-corrected chi connectivity index (χ4v) is 6.42. The Morgan fingerprint density at radius 3 is 2.08 bits per heavy atom. The highest BCUT2D eigenvalue weighted by atomic mass is 32.2. The molecule has 1 unspecified atom stereocenters. The summed E-state index contributed by atoms with van der Waals surface area (Å²) in [5, 5.41) is 20.7. The second-order valence-corrected chi connectivity index (χ2v) is 13.7. The number of carbonyl (C=O) groups is 3. The van der Waals surface area contributed by atoms with Crippen LogP contribution < -0.4 is 4.72 Å². The molecule has 0 bridgehead atoms. The Morgan fingerprint density at radius 1 is 0.980 bits per heavy atom. The first-order valence-corrected chi connectivity index (χ1v) is 16.8. The predicted octanol–water partition coefficient (Wildman–Crippen LogP) is 5.08. The molecular weight excluding hydrogens is 695 g/mol. The Labute approximate surface area is 290 Å². The fraction of sp³-hybridized carbons (Fsp3) is 0.273. The van der Waals surface area contributed by atoms with Gasteiger partial charge in [0.1, 0.15) is 0 Å². The molecule has 0 spiro atoms. The number of fused-ring (bicyclic) bond motifs is 1. The maximum atomic E-state index is 13.6. The summed E-state index contributed by atoms with van der Waals surface area (Å²) in [5.41, 5.74) is 0.737. The molecule has 3 aromatic carbocycles. The van der Waals surface area contributed by atoms with E-state index in [0.29, 0.717) is 5.56 Å². The Bertz CT molecular complexity index is 2080. The molecule has 5 rings (SSSR count). The van der Waals surface area contributed by atoms with Crippen LogP contribution in [0.2, 0.25) is 0 Å². The van der Waals surface area contributed by atoms with Gasteiger partial charge in [-0.25, -0.2) is 22.7 Å². The maximum Gasteiger partial charge on any atom is 0.435 e. The number of carbonyl (C=O) groups excluding carboxylic acids is 3. The Hall–Kier alpha value is -5.78. The van der Waals surface area contributed by atoms with Crippen LogP contribution in [-0.2, 0) is 25.8 Å². The van der Waals surface area contributed by atoms with Crippen LogP contribution in [-0.4, -0.2) is 70.1 Å². The summed E-state index contributed by atoms with van der Waals surface area (Å²) < 4.78 is 70.3. The summed E-state index contributed by atoms with van der Waals surface area (Å²) in [6.07, 6.45) is -6.06. The first-order valence-electron chi connectivity index (χ1n) is 15.4. The van der Waals surface area contributed by atoms with Crippen LogP contribution in [0, 0.1) is 18.0 Å². The van der Waals surface area contributed by atoms with Gasteiger partial charge in [0.05, 0.1) is 39.4 Å². The number of rotatable bonds is 11. The van der Waals surface area contributed by atoms with E-state index in [9.17, 15) is 41.2 Å². The van der Waals surface area contributed by atoms with Gasteiger partial charge in [-0.05, 0) is 62.2 Å². The molecule has 18 heteroatoms. The second-order valence-electron chi connectivity index (χ2n) is 12.0. The van der Waals surface area contributed by atoms with Crippen molar-refractivity contribution in [3.05, 3.63) is 106 Å². The number of amides is 3. The van der Waals surface area contributed by atoms with Crippen LogP contribution in [0.5, 0.6) is 0 Å². The topological polar surface area (TPSA) is 169 Å². The lowest BCUT2D eigenvalue weighted by molar-refractivity contribution is -0.712. The number of imide groups is 1. The summed E-state index contributed by atoms with van der Waals surface area (Å²) in [6, 6.07) is 17.0. The number of likely N-dealkylation sites (N-methyl/N-ethyl adjacent to an activating group) is 1. The number of hydrogen-bond acceptors (Lipinski definition) is 9. The van der Waals surface area contributed by atoms with Crippen LogP contribution in [0.25, 0.3) is 16.9 Å². The molecule has 1 aliphatic rings. The average Bonchev–Trinajstić information content (AvgIpc) is 3.63. The smallest absolute Gasteiger partial charge is 0.435 e. The van der Waals surface area contributed by atoms with Crippen molar-refractivity contribution >= 4 is 27.7 Å². The largest absolute Gasteiger partial charge is 0.569 e. The number of aromatic nitrogens is 2. The first-order chi connectivity index (χ1) is 23.9. The number of hydrazine groups is 1. The van der Waals surface area contributed by atoms with Crippen LogP contribution in [0.4, 0.5) is 13.2 Å². The van der Waals surface area contributed by atoms with Gasteiger partial charge in [0, 0.05) is 5.56 Å². The third kappa shape index (κ3) is 7.40. The second kappa shape index (κ2) is 13.9. The van der Waals surface area contributed by atoms with Gasteiger partial charge in [0.15, 0.2) is 11.7 Å². The molecule has 1 N–H and O–H groups in total. The van der Waals surface area contributed by atoms with Gasteiger partial charge < -0.3 is 10.0 Å². The van der Waals surface area contributed by atoms with E-state index in [1.165, 1.54) is 31.2 Å². The molecule has 2 atom stereocenters. The minimum atomic E-state index is -4.74. The molecule has 14 nitrogen and oxygen atoms in total. The van der Waals surface area contributed by atoms with Crippen molar-refractivity contribution in [1.82, 2.24) is 24.4 Å². The van der Waals surface area contributed by atoms with Crippen molar-refractivity contribution in [2.24, 2.45) is 11.2 Å². The lowest BCUT2D eigenvalue weighted by atomic mass is 10.0.